The minimum atomic E-state index is -4.90. The summed E-state index contributed by atoms with van der Waals surface area (Å²) in [5.74, 6) is -0.193. The number of hydroxylamine groups is 1. The maximum Gasteiger partial charge on any atom is 0.450 e. The van der Waals surface area contributed by atoms with Crippen molar-refractivity contribution in [3.05, 3.63) is 118 Å². The number of fused-ring (bicyclic) bond motifs is 1. The van der Waals surface area contributed by atoms with Crippen LogP contribution in [0.15, 0.2) is 94.7 Å². The van der Waals surface area contributed by atoms with Crippen molar-refractivity contribution in [2.75, 3.05) is 6.61 Å². The summed E-state index contributed by atoms with van der Waals surface area (Å²) in [6.07, 6.45) is -6.34. The second-order valence-electron chi connectivity index (χ2n) is 12.8. The Morgan fingerprint density at radius 1 is 0.870 bits per heavy atom. The molecule has 0 unspecified atom stereocenters. The van der Waals surface area contributed by atoms with Crippen LogP contribution in [0.4, 0.5) is 18.0 Å². The van der Waals surface area contributed by atoms with Crippen LogP contribution >= 0.6 is 11.6 Å². The minimum absolute atomic E-state index is 0.0187. The number of aryl methyl sites for hydroxylation is 2. The van der Waals surface area contributed by atoms with Crippen LogP contribution in [0.1, 0.15) is 48.8 Å². The van der Waals surface area contributed by atoms with E-state index in [9.17, 15) is 39.6 Å². The summed E-state index contributed by atoms with van der Waals surface area (Å²) in [6, 6.07) is 19.1. The Labute approximate surface area is 314 Å². The molecule has 0 radical (unpaired) electrons. The van der Waals surface area contributed by atoms with Crippen molar-refractivity contribution in [2.24, 2.45) is 0 Å². The summed E-state index contributed by atoms with van der Waals surface area (Å²) in [5, 5.41) is 2.20. The van der Waals surface area contributed by atoms with Gasteiger partial charge in [-0.25, -0.2) is 9.78 Å². The fourth-order valence-electron chi connectivity index (χ4n) is 5.42. The van der Waals surface area contributed by atoms with E-state index >= 15 is 0 Å². The van der Waals surface area contributed by atoms with E-state index in [0.29, 0.717) is 16.8 Å². The topological polar surface area (TPSA) is 154 Å². The van der Waals surface area contributed by atoms with Crippen LogP contribution in [-0.4, -0.2) is 49.5 Å². The zero-order chi connectivity index (χ0) is 39.8. The van der Waals surface area contributed by atoms with Crippen molar-refractivity contribution in [1.82, 2.24) is 19.3 Å². The van der Waals surface area contributed by atoms with Gasteiger partial charge in [-0.2, -0.15) is 30.0 Å². The van der Waals surface area contributed by atoms with Crippen molar-refractivity contribution in [3.63, 3.8) is 0 Å². The number of rotatable bonds is 11. The quantitative estimate of drug-likeness (QED) is 0.135. The molecule has 2 amide bonds. The number of carbonyl (C=O) groups is 2. The zero-order valence-corrected chi connectivity index (χ0v) is 31.8. The van der Waals surface area contributed by atoms with E-state index in [1.54, 1.807) is 56.5 Å². The first-order valence-electron chi connectivity index (χ1n) is 16.1. The Kier molecular flexibility index (Phi) is 11.2. The number of ether oxygens (including phenoxy) is 1. The summed E-state index contributed by atoms with van der Waals surface area (Å²) in [7, 11) is -9.72. The molecule has 0 fully saturated rings. The predicted molar refractivity (Wildman–Crippen MR) is 193 cm³/mol. The van der Waals surface area contributed by atoms with E-state index in [1.165, 1.54) is 55.5 Å². The first-order chi connectivity index (χ1) is 25.1. The molecule has 18 heteroatoms. The van der Waals surface area contributed by atoms with Gasteiger partial charge in [0.05, 0.1) is 43.6 Å². The second kappa shape index (κ2) is 15.0. The molecule has 0 saturated heterocycles. The van der Waals surface area contributed by atoms with E-state index < -0.39 is 70.8 Å². The second-order valence-corrected chi connectivity index (χ2v) is 16.5. The summed E-state index contributed by atoms with van der Waals surface area (Å²) < 4.78 is 106. The molecule has 0 bridgehead atoms. The van der Waals surface area contributed by atoms with Crippen LogP contribution < -0.4 is 5.32 Å². The number of sulfonamides is 1. The summed E-state index contributed by atoms with van der Waals surface area (Å²) in [5.41, 5.74) is 0.426. The lowest BCUT2D eigenvalue weighted by molar-refractivity contribution is -0.137. The first kappa shape index (κ1) is 40.2. The van der Waals surface area contributed by atoms with Gasteiger partial charge in [0.1, 0.15) is 5.82 Å². The molecule has 286 valence electrons. The van der Waals surface area contributed by atoms with Crippen LogP contribution in [0.25, 0.3) is 16.7 Å². The number of nitrogens with one attached hydrogen (secondary N) is 1. The average Bonchev–Trinajstić information content (AvgIpc) is 3.46. The Morgan fingerprint density at radius 3 is 1.96 bits per heavy atom. The van der Waals surface area contributed by atoms with Gasteiger partial charge in [-0.3, -0.25) is 9.36 Å². The molecule has 0 aliphatic carbocycles. The molecule has 0 spiro atoms. The Balaban J connectivity index is 1.41. The molecule has 4 aromatic carbocycles. The van der Waals surface area contributed by atoms with Gasteiger partial charge in [0.25, 0.3) is 10.0 Å². The summed E-state index contributed by atoms with van der Waals surface area (Å²) in [4.78, 5) is 28.9. The maximum absolute atomic E-state index is 13.7. The highest BCUT2D eigenvalue weighted by Crippen LogP contribution is 2.39. The van der Waals surface area contributed by atoms with Gasteiger partial charge in [-0.05, 0) is 81.8 Å². The van der Waals surface area contributed by atoms with Gasteiger partial charge in [0.2, 0.25) is 5.91 Å². The van der Waals surface area contributed by atoms with E-state index in [4.69, 9.17) is 20.6 Å². The molecule has 0 aliphatic heterocycles. The highest BCUT2D eigenvalue weighted by atomic mass is 35.5. The molecule has 54 heavy (non-hydrogen) atoms. The zero-order valence-electron chi connectivity index (χ0n) is 29.4. The van der Waals surface area contributed by atoms with Crippen molar-refractivity contribution in [3.8, 4) is 5.69 Å². The SMILES string of the molecule is CC(=O)NC(C)(C)c1nc2cc(C(F)(F)F)c(Cl)cc2n1-c1ccc(CCOC(=O)N(OS(=O)(=O)c2ccc(C)cc2)S(=O)(=O)c2ccc(C)cc2)cc1. The Bertz CT molecular complexity index is 2440. The molecular formula is C36H34ClF3N4O8S2. The standard InChI is InChI=1S/C36H34ClF3N4O8S2/c1-22-6-14-27(15-7-22)53(47,48)44(52-54(49,50)28-16-8-23(2)9-17-28)34(46)51-19-18-25-10-12-26(13-11-25)43-32-21-30(37)29(36(38,39)40)20-31(32)41-33(43)35(4,5)42-24(3)45/h6-17,20-21H,18-19H2,1-5H3,(H,42,45). The molecule has 5 aromatic rings. The maximum atomic E-state index is 13.7. The normalized spacial score (nSPS) is 12.5. The average molecular weight is 807 g/mol. The predicted octanol–water partition coefficient (Wildman–Crippen LogP) is 7.38. The van der Waals surface area contributed by atoms with Gasteiger partial charge >= 0.3 is 22.4 Å². The van der Waals surface area contributed by atoms with Gasteiger partial charge in [-0.1, -0.05) is 63.6 Å². The number of hydrogen-bond acceptors (Lipinski definition) is 9. The summed E-state index contributed by atoms with van der Waals surface area (Å²) in [6.45, 7) is 7.57. The van der Waals surface area contributed by atoms with E-state index in [2.05, 4.69) is 10.3 Å². The van der Waals surface area contributed by atoms with Gasteiger partial charge in [-0.15, -0.1) is 4.28 Å². The minimum Gasteiger partial charge on any atom is -0.447 e. The Morgan fingerprint density at radius 2 is 1.43 bits per heavy atom. The number of hydrogen-bond donors (Lipinski definition) is 1. The number of imidazole rings is 1. The highest BCUT2D eigenvalue weighted by molar-refractivity contribution is 7.91. The highest BCUT2D eigenvalue weighted by Gasteiger charge is 2.38. The fraction of sp³-hybridized carbons (Fsp3) is 0.250. The Hall–Kier alpha value is -4.97. The number of alkyl halides is 3. The van der Waals surface area contributed by atoms with Crippen LogP contribution in [0.2, 0.25) is 5.02 Å². The molecule has 12 nitrogen and oxygen atoms in total. The van der Waals surface area contributed by atoms with Crippen molar-refractivity contribution in [2.45, 2.75) is 62.5 Å². The van der Waals surface area contributed by atoms with E-state index in [-0.39, 0.29) is 27.7 Å². The van der Waals surface area contributed by atoms with Crippen LogP contribution in [-0.2, 0) is 52.1 Å². The number of amides is 2. The smallest absolute Gasteiger partial charge is 0.447 e. The number of nitrogens with zero attached hydrogens (tertiary/aromatic N) is 3. The molecule has 1 N–H and O–H groups in total. The molecule has 5 rings (SSSR count). The molecule has 1 aromatic heterocycles. The summed E-state index contributed by atoms with van der Waals surface area (Å²) >= 11 is 6.07. The molecular weight excluding hydrogens is 773 g/mol. The third kappa shape index (κ3) is 8.70. The lowest BCUT2D eigenvalue weighted by Gasteiger charge is -2.26. The largest absolute Gasteiger partial charge is 0.450 e. The fourth-order valence-corrected chi connectivity index (χ4v) is 7.97. The molecule has 0 aliphatic rings. The van der Waals surface area contributed by atoms with Crippen LogP contribution in [0.5, 0.6) is 0 Å². The van der Waals surface area contributed by atoms with Gasteiger partial charge < -0.3 is 10.1 Å². The molecule has 0 saturated carbocycles. The van der Waals surface area contributed by atoms with Gasteiger partial charge in [0, 0.05) is 19.0 Å². The van der Waals surface area contributed by atoms with Crippen LogP contribution in [0, 0.1) is 13.8 Å². The van der Waals surface area contributed by atoms with Crippen LogP contribution in [0.3, 0.4) is 0 Å². The van der Waals surface area contributed by atoms with E-state index in [1.807, 2.05) is 0 Å². The first-order valence-corrected chi connectivity index (χ1v) is 19.3. The van der Waals surface area contributed by atoms with Gasteiger partial charge in [0.15, 0.2) is 0 Å². The van der Waals surface area contributed by atoms with Crippen molar-refractivity contribution >= 4 is 54.8 Å². The van der Waals surface area contributed by atoms with Crippen molar-refractivity contribution in [1.29, 1.82) is 0 Å². The molecule has 1 heterocycles. The monoisotopic (exact) mass is 806 g/mol. The van der Waals surface area contributed by atoms with Crippen molar-refractivity contribution < 1.29 is 48.6 Å². The number of benzene rings is 4. The number of aromatic nitrogens is 2. The number of halogens is 4. The third-order valence-corrected chi connectivity index (χ3v) is 11.2. The lowest BCUT2D eigenvalue weighted by atomic mass is 10.0. The van der Waals surface area contributed by atoms with E-state index in [0.717, 1.165) is 17.7 Å². The lowest BCUT2D eigenvalue weighted by Crippen LogP contribution is -2.41. The number of carbonyl (C=O) groups excluding carboxylic acids is 2. The third-order valence-electron chi connectivity index (χ3n) is 8.07. The molecule has 0 atom stereocenters.